The highest BCUT2D eigenvalue weighted by molar-refractivity contribution is 5.73. The minimum atomic E-state index is 0.182. The summed E-state index contributed by atoms with van der Waals surface area (Å²) in [6.07, 6.45) is 1.04. The van der Waals surface area contributed by atoms with E-state index in [0.29, 0.717) is 6.04 Å². The molecule has 1 atom stereocenters. The first-order valence-corrected chi connectivity index (χ1v) is 6.93. The zero-order chi connectivity index (χ0) is 13.8. The zero-order valence-corrected chi connectivity index (χ0v) is 11.8. The topological polar surface area (TPSA) is 49.6 Å². The summed E-state index contributed by atoms with van der Waals surface area (Å²) >= 11 is 0. The van der Waals surface area contributed by atoms with E-state index in [9.17, 15) is 4.79 Å². The predicted molar refractivity (Wildman–Crippen MR) is 77.7 cm³/mol. The lowest BCUT2D eigenvalue weighted by molar-refractivity contribution is -0.128. The third-order valence-corrected chi connectivity index (χ3v) is 3.94. The van der Waals surface area contributed by atoms with Crippen molar-refractivity contribution in [3.63, 3.8) is 0 Å². The standard InChI is InChI=1S/C15H23N3O/c1-12(14-4-6-15(16)7-5-14)17-8-3-9-18(11-10-17)13(2)19/h4-7,12H,3,8-11,16H2,1-2H3. The van der Waals surface area contributed by atoms with Crippen LogP contribution in [0.25, 0.3) is 0 Å². The normalized spacial score (nSPS) is 18.9. The van der Waals surface area contributed by atoms with Crippen molar-refractivity contribution in [2.75, 3.05) is 31.9 Å². The Labute approximate surface area is 115 Å². The monoisotopic (exact) mass is 261 g/mol. The number of hydrogen-bond acceptors (Lipinski definition) is 3. The van der Waals surface area contributed by atoms with E-state index in [2.05, 4.69) is 24.0 Å². The molecule has 1 aliphatic rings. The minimum Gasteiger partial charge on any atom is -0.399 e. The first kappa shape index (κ1) is 13.9. The SMILES string of the molecule is CC(=O)N1CCCN(C(C)c2ccc(N)cc2)CC1. The van der Waals surface area contributed by atoms with Gasteiger partial charge in [0.25, 0.3) is 0 Å². The highest BCUT2D eigenvalue weighted by Gasteiger charge is 2.21. The van der Waals surface area contributed by atoms with Crippen molar-refractivity contribution in [3.8, 4) is 0 Å². The maximum absolute atomic E-state index is 11.4. The zero-order valence-electron chi connectivity index (χ0n) is 11.8. The van der Waals surface area contributed by atoms with Crippen molar-refractivity contribution in [2.45, 2.75) is 26.3 Å². The largest absolute Gasteiger partial charge is 0.399 e. The molecule has 1 fully saturated rings. The van der Waals surface area contributed by atoms with E-state index in [1.54, 1.807) is 6.92 Å². The predicted octanol–water partition coefficient (Wildman–Crippen LogP) is 1.88. The average Bonchev–Trinajstić information content (AvgIpc) is 2.64. The lowest BCUT2D eigenvalue weighted by Crippen LogP contribution is -2.34. The average molecular weight is 261 g/mol. The number of benzene rings is 1. The van der Waals surface area contributed by atoms with Crippen LogP contribution in [0.2, 0.25) is 0 Å². The summed E-state index contributed by atoms with van der Waals surface area (Å²) in [5.41, 5.74) is 7.81. The smallest absolute Gasteiger partial charge is 0.219 e. The molecular formula is C15H23N3O. The van der Waals surface area contributed by atoms with Gasteiger partial charge in [-0.2, -0.15) is 0 Å². The summed E-state index contributed by atoms with van der Waals surface area (Å²) in [5.74, 6) is 0.182. The maximum atomic E-state index is 11.4. The van der Waals surface area contributed by atoms with Crippen molar-refractivity contribution in [1.29, 1.82) is 0 Å². The Morgan fingerprint density at radius 3 is 2.47 bits per heavy atom. The van der Waals surface area contributed by atoms with Gasteiger partial charge in [-0.25, -0.2) is 0 Å². The molecule has 104 valence electrons. The van der Waals surface area contributed by atoms with Crippen LogP contribution in [0, 0.1) is 0 Å². The lowest BCUT2D eigenvalue weighted by atomic mass is 10.1. The summed E-state index contributed by atoms with van der Waals surface area (Å²) in [7, 11) is 0. The van der Waals surface area contributed by atoms with Crippen LogP contribution in [0.3, 0.4) is 0 Å². The molecule has 19 heavy (non-hydrogen) atoms. The fourth-order valence-electron chi connectivity index (χ4n) is 2.62. The summed E-state index contributed by atoms with van der Waals surface area (Å²) in [6.45, 7) is 7.55. The number of nitrogens with zero attached hydrogens (tertiary/aromatic N) is 2. The first-order chi connectivity index (χ1) is 9.08. The van der Waals surface area contributed by atoms with E-state index in [4.69, 9.17) is 5.73 Å². The van der Waals surface area contributed by atoms with Crippen LogP contribution in [0.1, 0.15) is 31.9 Å². The molecule has 2 N–H and O–H groups in total. The van der Waals surface area contributed by atoms with Gasteiger partial charge in [0.05, 0.1) is 0 Å². The van der Waals surface area contributed by atoms with Gasteiger partial charge in [0.2, 0.25) is 5.91 Å². The van der Waals surface area contributed by atoms with Crippen LogP contribution >= 0.6 is 0 Å². The molecule has 1 aromatic rings. The van der Waals surface area contributed by atoms with E-state index >= 15 is 0 Å². The molecule has 0 bridgehead atoms. The summed E-state index contributed by atoms with van der Waals surface area (Å²) < 4.78 is 0. The molecule has 1 saturated heterocycles. The van der Waals surface area contributed by atoms with Gasteiger partial charge in [-0.05, 0) is 31.0 Å². The third-order valence-electron chi connectivity index (χ3n) is 3.94. The molecule has 0 spiro atoms. The highest BCUT2D eigenvalue weighted by atomic mass is 16.2. The Morgan fingerprint density at radius 1 is 1.16 bits per heavy atom. The number of carbonyl (C=O) groups excluding carboxylic acids is 1. The lowest BCUT2D eigenvalue weighted by Gasteiger charge is -2.28. The number of anilines is 1. The van der Waals surface area contributed by atoms with Gasteiger partial charge in [-0.3, -0.25) is 9.69 Å². The van der Waals surface area contributed by atoms with Crippen LogP contribution in [-0.4, -0.2) is 41.9 Å². The van der Waals surface area contributed by atoms with Gasteiger partial charge in [0, 0.05) is 44.8 Å². The number of nitrogen functional groups attached to an aromatic ring is 1. The molecule has 0 aromatic heterocycles. The number of carbonyl (C=O) groups is 1. The summed E-state index contributed by atoms with van der Waals surface area (Å²) in [5, 5.41) is 0. The van der Waals surface area contributed by atoms with Gasteiger partial charge >= 0.3 is 0 Å². The Bertz CT molecular complexity index is 430. The van der Waals surface area contributed by atoms with Crippen LogP contribution in [0.5, 0.6) is 0 Å². The summed E-state index contributed by atoms with van der Waals surface area (Å²) in [6, 6.07) is 8.45. The van der Waals surface area contributed by atoms with Gasteiger partial charge in [-0.15, -0.1) is 0 Å². The van der Waals surface area contributed by atoms with Crippen molar-refractivity contribution < 1.29 is 4.79 Å². The number of nitrogens with two attached hydrogens (primary N) is 1. The first-order valence-electron chi connectivity index (χ1n) is 6.93. The fraction of sp³-hybridized carbons (Fsp3) is 0.533. The molecule has 0 radical (unpaired) electrons. The molecule has 1 aromatic carbocycles. The molecule has 4 nitrogen and oxygen atoms in total. The van der Waals surface area contributed by atoms with Gasteiger partial charge in [-0.1, -0.05) is 12.1 Å². The molecule has 4 heteroatoms. The van der Waals surface area contributed by atoms with Crippen molar-refractivity contribution in [1.82, 2.24) is 9.80 Å². The summed E-state index contributed by atoms with van der Waals surface area (Å²) in [4.78, 5) is 15.8. The van der Waals surface area contributed by atoms with Crippen LogP contribution in [0.15, 0.2) is 24.3 Å². The quantitative estimate of drug-likeness (QED) is 0.827. The third kappa shape index (κ3) is 3.47. The van der Waals surface area contributed by atoms with E-state index in [1.807, 2.05) is 17.0 Å². The molecule has 1 unspecified atom stereocenters. The number of hydrogen-bond donors (Lipinski definition) is 1. The van der Waals surface area contributed by atoms with E-state index in [0.717, 1.165) is 38.3 Å². The Kier molecular flexibility index (Phi) is 4.43. The van der Waals surface area contributed by atoms with Crippen LogP contribution < -0.4 is 5.73 Å². The number of amides is 1. The van der Waals surface area contributed by atoms with Crippen LogP contribution in [-0.2, 0) is 4.79 Å². The molecule has 1 heterocycles. The maximum Gasteiger partial charge on any atom is 0.219 e. The Balaban J connectivity index is 2.01. The van der Waals surface area contributed by atoms with E-state index in [-0.39, 0.29) is 5.91 Å². The van der Waals surface area contributed by atoms with E-state index < -0.39 is 0 Å². The second-order valence-electron chi connectivity index (χ2n) is 5.24. The molecule has 0 saturated carbocycles. The molecule has 2 rings (SSSR count). The molecule has 1 aliphatic heterocycles. The minimum absolute atomic E-state index is 0.182. The fourth-order valence-corrected chi connectivity index (χ4v) is 2.62. The second-order valence-corrected chi connectivity index (χ2v) is 5.24. The van der Waals surface area contributed by atoms with Crippen molar-refractivity contribution in [2.24, 2.45) is 0 Å². The highest BCUT2D eigenvalue weighted by Crippen LogP contribution is 2.22. The van der Waals surface area contributed by atoms with Gasteiger partial charge < -0.3 is 10.6 Å². The Morgan fingerprint density at radius 2 is 1.84 bits per heavy atom. The van der Waals surface area contributed by atoms with Crippen LogP contribution in [0.4, 0.5) is 5.69 Å². The van der Waals surface area contributed by atoms with Gasteiger partial charge in [0.1, 0.15) is 0 Å². The Hall–Kier alpha value is -1.55. The van der Waals surface area contributed by atoms with E-state index in [1.165, 1.54) is 5.56 Å². The van der Waals surface area contributed by atoms with Gasteiger partial charge in [0.15, 0.2) is 0 Å². The molecule has 0 aliphatic carbocycles. The second kappa shape index (κ2) is 6.06. The number of rotatable bonds is 2. The van der Waals surface area contributed by atoms with Crippen molar-refractivity contribution in [3.05, 3.63) is 29.8 Å². The van der Waals surface area contributed by atoms with Crippen molar-refractivity contribution >= 4 is 11.6 Å². The molecule has 1 amide bonds. The molecular weight excluding hydrogens is 238 g/mol.